The average molecular weight is 181 g/mol. The zero-order chi connectivity index (χ0) is 9.22. The van der Waals surface area contributed by atoms with Gasteiger partial charge in [-0.1, -0.05) is 6.92 Å². The fraction of sp³-hybridized carbons (Fsp3) is 1.00. The first-order valence-corrected chi connectivity index (χ1v) is 5.58. The fourth-order valence-electron chi connectivity index (χ4n) is 4.18. The molecule has 0 spiro atoms. The zero-order valence-corrected chi connectivity index (χ0v) is 8.24. The second kappa shape index (κ2) is 2.29. The van der Waals surface area contributed by atoms with Crippen LogP contribution in [0.25, 0.3) is 0 Å². The van der Waals surface area contributed by atoms with Crippen molar-refractivity contribution in [2.45, 2.75) is 44.2 Å². The molecule has 0 aromatic carbocycles. The number of rotatable bonds is 0. The van der Waals surface area contributed by atoms with Crippen LogP contribution in [-0.2, 0) is 0 Å². The van der Waals surface area contributed by atoms with Crippen LogP contribution in [0, 0.1) is 23.7 Å². The topological polar surface area (TPSA) is 46.2 Å². The van der Waals surface area contributed by atoms with Gasteiger partial charge in [-0.05, 0) is 49.4 Å². The molecular formula is C11H19NO. The van der Waals surface area contributed by atoms with E-state index in [2.05, 4.69) is 6.92 Å². The molecule has 0 aliphatic heterocycles. The van der Waals surface area contributed by atoms with E-state index in [1.165, 1.54) is 12.8 Å². The summed E-state index contributed by atoms with van der Waals surface area (Å²) in [5.41, 5.74) is 5.91. The number of nitrogens with two attached hydrogens (primary N) is 1. The summed E-state index contributed by atoms with van der Waals surface area (Å²) >= 11 is 0. The monoisotopic (exact) mass is 181 g/mol. The van der Waals surface area contributed by atoms with Crippen molar-refractivity contribution >= 4 is 0 Å². The molecule has 0 aromatic heterocycles. The summed E-state index contributed by atoms with van der Waals surface area (Å²) in [5, 5.41) is 10.2. The van der Waals surface area contributed by atoms with Gasteiger partial charge in [-0.15, -0.1) is 0 Å². The lowest BCUT2D eigenvalue weighted by atomic mass is 9.60. The molecule has 0 aromatic rings. The van der Waals surface area contributed by atoms with E-state index < -0.39 is 0 Å². The van der Waals surface area contributed by atoms with E-state index in [-0.39, 0.29) is 5.60 Å². The van der Waals surface area contributed by atoms with Crippen molar-refractivity contribution in [3.63, 3.8) is 0 Å². The first kappa shape index (κ1) is 8.25. The summed E-state index contributed by atoms with van der Waals surface area (Å²) in [6.07, 6.45) is 4.50. The van der Waals surface area contributed by atoms with Gasteiger partial charge in [-0.2, -0.15) is 0 Å². The Morgan fingerprint density at radius 2 is 1.92 bits per heavy atom. The van der Waals surface area contributed by atoms with Gasteiger partial charge in [-0.3, -0.25) is 0 Å². The number of hydrogen-bond acceptors (Lipinski definition) is 2. The molecule has 0 heterocycles. The van der Waals surface area contributed by atoms with Crippen molar-refractivity contribution in [3.05, 3.63) is 0 Å². The lowest BCUT2D eigenvalue weighted by Crippen LogP contribution is -2.52. The van der Waals surface area contributed by atoms with Crippen molar-refractivity contribution in [2.24, 2.45) is 29.4 Å². The second-order valence-corrected chi connectivity index (χ2v) is 5.66. The molecule has 3 aliphatic carbocycles. The van der Waals surface area contributed by atoms with Crippen molar-refractivity contribution in [1.29, 1.82) is 0 Å². The molecule has 6 atom stereocenters. The molecular weight excluding hydrogens is 162 g/mol. The molecule has 2 heteroatoms. The molecule has 13 heavy (non-hydrogen) atoms. The van der Waals surface area contributed by atoms with E-state index in [1.807, 2.05) is 0 Å². The lowest BCUT2D eigenvalue weighted by Gasteiger charge is -2.49. The summed E-state index contributed by atoms with van der Waals surface area (Å²) in [4.78, 5) is 0. The molecule has 0 saturated heterocycles. The predicted octanol–water partition coefficient (Wildman–Crippen LogP) is 1.13. The van der Waals surface area contributed by atoms with Crippen LogP contribution < -0.4 is 5.73 Å². The maximum absolute atomic E-state index is 10.2. The Morgan fingerprint density at radius 1 is 1.23 bits per heavy atom. The van der Waals surface area contributed by atoms with Gasteiger partial charge in [0.2, 0.25) is 0 Å². The summed E-state index contributed by atoms with van der Waals surface area (Å²) in [7, 11) is 0. The zero-order valence-electron chi connectivity index (χ0n) is 8.24. The predicted molar refractivity (Wildman–Crippen MR) is 51.0 cm³/mol. The van der Waals surface area contributed by atoms with Gasteiger partial charge in [0, 0.05) is 6.04 Å². The molecule has 74 valence electrons. The number of aliphatic hydroxyl groups is 1. The molecule has 3 aliphatic rings. The smallest absolute Gasteiger partial charge is 0.0684 e. The fourth-order valence-corrected chi connectivity index (χ4v) is 4.18. The first-order chi connectivity index (χ1) is 6.10. The molecule has 2 bridgehead atoms. The van der Waals surface area contributed by atoms with Crippen molar-refractivity contribution in [3.8, 4) is 0 Å². The van der Waals surface area contributed by atoms with Gasteiger partial charge >= 0.3 is 0 Å². The normalized spacial score (nSPS) is 64.4. The van der Waals surface area contributed by atoms with Crippen molar-refractivity contribution < 1.29 is 5.11 Å². The molecule has 3 rings (SSSR count). The van der Waals surface area contributed by atoms with Crippen LogP contribution >= 0.6 is 0 Å². The molecule has 0 radical (unpaired) electrons. The standard InChI is InChI=1S/C11H19NO/c1-6-2-7-4-11(13)5-8(10(6)12)3-9(7)11/h6-10,13H,2-5,12H2,1H3/t6?,7?,8?,9?,10-,11+/m0/s1. The highest BCUT2D eigenvalue weighted by atomic mass is 16.3. The largest absolute Gasteiger partial charge is 0.390 e. The first-order valence-electron chi connectivity index (χ1n) is 5.58. The van der Waals surface area contributed by atoms with E-state index in [0.29, 0.717) is 23.8 Å². The van der Waals surface area contributed by atoms with Crippen molar-refractivity contribution in [1.82, 2.24) is 0 Å². The van der Waals surface area contributed by atoms with Gasteiger partial charge in [-0.25, -0.2) is 0 Å². The van der Waals surface area contributed by atoms with Crippen LogP contribution in [0.5, 0.6) is 0 Å². The minimum absolute atomic E-state index is 0.285. The minimum Gasteiger partial charge on any atom is -0.390 e. The van der Waals surface area contributed by atoms with Crippen LogP contribution in [0.15, 0.2) is 0 Å². The van der Waals surface area contributed by atoms with Crippen LogP contribution in [0.4, 0.5) is 0 Å². The molecule has 4 unspecified atom stereocenters. The highest BCUT2D eigenvalue weighted by Crippen LogP contribution is 2.61. The highest BCUT2D eigenvalue weighted by Gasteiger charge is 2.61. The summed E-state index contributed by atoms with van der Waals surface area (Å²) in [6.45, 7) is 2.28. The Bertz CT molecular complexity index is 242. The Hall–Kier alpha value is -0.0800. The average Bonchev–Trinajstić information content (AvgIpc) is 2.28. The van der Waals surface area contributed by atoms with Gasteiger partial charge in [0.1, 0.15) is 0 Å². The Morgan fingerprint density at radius 3 is 2.69 bits per heavy atom. The van der Waals surface area contributed by atoms with E-state index in [9.17, 15) is 5.11 Å². The molecule has 2 nitrogen and oxygen atoms in total. The minimum atomic E-state index is -0.285. The number of fused-ring (bicyclic) bond motifs is 1. The van der Waals surface area contributed by atoms with E-state index in [4.69, 9.17) is 5.73 Å². The third-order valence-corrected chi connectivity index (χ3v) is 4.92. The second-order valence-electron chi connectivity index (χ2n) is 5.66. The van der Waals surface area contributed by atoms with Gasteiger partial charge in [0.05, 0.1) is 5.60 Å². The van der Waals surface area contributed by atoms with E-state index in [0.717, 1.165) is 18.8 Å². The quantitative estimate of drug-likeness (QED) is 0.588. The van der Waals surface area contributed by atoms with Crippen LogP contribution in [0.3, 0.4) is 0 Å². The van der Waals surface area contributed by atoms with Gasteiger partial charge in [0.15, 0.2) is 0 Å². The molecule has 3 fully saturated rings. The Balaban J connectivity index is 1.91. The van der Waals surface area contributed by atoms with E-state index in [1.54, 1.807) is 0 Å². The molecule has 0 amide bonds. The third-order valence-electron chi connectivity index (χ3n) is 4.92. The maximum Gasteiger partial charge on any atom is 0.0684 e. The molecule has 3 saturated carbocycles. The number of hydrogen-bond donors (Lipinski definition) is 2. The van der Waals surface area contributed by atoms with Crippen LogP contribution in [-0.4, -0.2) is 16.7 Å². The Kier molecular flexibility index (Phi) is 1.45. The third kappa shape index (κ3) is 0.909. The Labute approximate surface area is 79.5 Å². The van der Waals surface area contributed by atoms with Crippen LogP contribution in [0.1, 0.15) is 32.6 Å². The molecule has 3 N–H and O–H groups in total. The van der Waals surface area contributed by atoms with Crippen molar-refractivity contribution in [2.75, 3.05) is 0 Å². The summed E-state index contributed by atoms with van der Waals surface area (Å²) < 4.78 is 0. The van der Waals surface area contributed by atoms with E-state index >= 15 is 0 Å². The highest BCUT2D eigenvalue weighted by molar-refractivity contribution is 5.12. The van der Waals surface area contributed by atoms with Gasteiger partial charge < -0.3 is 10.8 Å². The van der Waals surface area contributed by atoms with Crippen LogP contribution in [0.2, 0.25) is 0 Å². The van der Waals surface area contributed by atoms with Gasteiger partial charge in [0.25, 0.3) is 0 Å². The maximum atomic E-state index is 10.2. The lowest BCUT2D eigenvalue weighted by molar-refractivity contribution is -0.127. The summed E-state index contributed by atoms with van der Waals surface area (Å²) in [6, 6.07) is 0.349. The summed E-state index contributed by atoms with van der Waals surface area (Å²) in [5.74, 6) is 2.68. The SMILES string of the molecule is CC1CC2C[C@@]3(O)CC(CC23)[C@H]1N.